The highest BCUT2D eigenvalue weighted by Gasteiger charge is 2.26. The van der Waals surface area contributed by atoms with E-state index in [4.69, 9.17) is 0 Å². The minimum atomic E-state index is -4.35. The molecule has 0 aliphatic heterocycles. The van der Waals surface area contributed by atoms with Crippen LogP contribution in [0.1, 0.15) is 0 Å². The summed E-state index contributed by atoms with van der Waals surface area (Å²) in [5.41, 5.74) is 1.04. The van der Waals surface area contributed by atoms with Crippen LogP contribution in [0.3, 0.4) is 0 Å². The Morgan fingerprint density at radius 1 is 1.33 bits per heavy atom. The van der Waals surface area contributed by atoms with Crippen LogP contribution in [0, 0.1) is 0 Å². The van der Waals surface area contributed by atoms with Gasteiger partial charge in [0.15, 0.2) is 0 Å². The van der Waals surface area contributed by atoms with E-state index in [1.807, 2.05) is 5.32 Å². The molecule has 1 heterocycles. The quantitative estimate of drug-likeness (QED) is 0.764. The first kappa shape index (κ1) is 14.9. The molecule has 0 bridgehead atoms. The fourth-order valence-corrected chi connectivity index (χ4v) is 1.54. The summed E-state index contributed by atoms with van der Waals surface area (Å²) in [6.07, 6.45) is -4.35. The summed E-state index contributed by atoms with van der Waals surface area (Å²) in [5, 5.41) is 17.8. The van der Waals surface area contributed by atoms with Crippen LogP contribution in [0.25, 0.3) is 11.4 Å². The number of alkyl halides is 3. The van der Waals surface area contributed by atoms with Crippen LogP contribution in [0.15, 0.2) is 24.3 Å². The van der Waals surface area contributed by atoms with Crippen molar-refractivity contribution >= 4 is 11.6 Å². The van der Waals surface area contributed by atoms with Gasteiger partial charge in [-0.05, 0) is 17.3 Å². The zero-order valence-corrected chi connectivity index (χ0v) is 10.6. The van der Waals surface area contributed by atoms with E-state index in [-0.39, 0.29) is 0 Å². The molecule has 7 nitrogen and oxygen atoms in total. The Labute approximate surface area is 116 Å². The van der Waals surface area contributed by atoms with Gasteiger partial charge >= 0.3 is 6.18 Å². The predicted octanol–water partition coefficient (Wildman–Crippen LogP) is 0.957. The summed E-state index contributed by atoms with van der Waals surface area (Å²) >= 11 is 0. The largest absolute Gasteiger partial charge is 0.401 e. The molecule has 0 atom stereocenters. The third-order valence-corrected chi connectivity index (χ3v) is 2.36. The number of aromatic nitrogens is 4. The average Bonchev–Trinajstić information content (AvgIpc) is 2.91. The maximum Gasteiger partial charge on any atom is 0.401 e. The number of rotatable bonds is 5. The van der Waals surface area contributed by atoms with Gasteiger partial charge in [-0.1, -0.05) is 12.1 Å². The molecule has 2 aromatic rings. The third kappa shape index (κ3) is 4.84. The number of halogens is 3. The molecule has 1 aromatic heterocycles. The summed E-state index contributed by atoms with van der Waals surface area (Å²) in [6, 6.07) is 6.56. The third-order valence-electron chi connectivity index (χ3n) is 2.36. The van der Waals surface area contributed by atoms with Gasteiger partial charge in [-0.3, -0.25) is 4.79 Å². The zero-order valence-electron chi connectivity index (χ0n) is 10.6. The molecule has 0 fully saturated rings. The number of amides is 1. The summed E-state index contributed by atoms with van der Waals surface area (Å²) in [5.74, 6) is -0.231. The molecule has 0 aliphatic carbocycles. The van der Waals surface area contributed by atoms with Crippen LogP contribution in [0.5, 0.6) is 0 Å². The first-order valence-electron chi connectivity index (χ1n) is 5.85. The molecular formula is C11H11F3N6O. The number of carbonyl (C=O) groups excluding carboxylic acids is 1. The molecule has 3 N–H and O–H groups in total. The van der Waals surface area contributed by atoms with E-state index < -0.39 is 25.2 Å². The molecular weight excluding hydrogens is 289 g/mol. The van der Waals surface area contributed by atoms with Crippen molar-refractivity contribution in [2.45, 2.75) is 6.18 Å². The molecule has 10 heteroatoms. The Bertz CT molecular complexity index is 598. The van der Waals surface area contributed by atoms with E-state index in [2.05, 4.69) is 25.9 Å². The molecule has 1 aromatic carbocycles. The first-order valence-corrected chi connectivity index (χ1v) is 5.85. The highest BCUT2D eigenvalue weighted by atomic mass is 19.4. The van der Waals surface area contributed by atoms with E-state index in [1.165, 1.54) is 0 Å². The van der Waals surface area contributed by atoms with E-state index in [0.717, 1.165) is 0 Å². The van der Waals surface area contributed by atoms with E-state index in [9.17, 15) is 18.0 Å². The Morgan fingerprint density at radius 2 is 2.14 bits per heavy atom. The van der Waals surface area contributed by atoms with Crippen molar-refractivity contribution in [3.8, 4) is 11.4 Å². The maximum atomic E-state index is 11.9. The lowest BCUT2D eigenvalue weighted by molar-refractivity contribution is -0.126. The summed E-state index contributed by atoms with van der Waals surface area (Å²) < 4.78 is 35.8. The first-order chi connectivity index (χ1) is 9.94. The summed E-state index contributed by atoms with van der Waals surface area (Å²) in [6.45, 7) is -1.66. The molecule has 0 saturated carbocycles. The number of hydrogen-bond donors (Lipinski definition) is 3. The Morgan fingerprint density at radius 3 is 2.81 bits per heavy atom. The lowest BCUT2D eigenvalue weighted by Gasteiger charge is -2.09. The van der Waals surface area contributed by atoms with Crippen molar-refractivity contribution in [3.05, 3.63) is 24.3 Å². The molecule has 0 unspecified atom stereocenters. The molecule has 21 heavy (non-hydrogen) atoms. The number of tetrazole rings is 1. The average molecular weight is 300 g/mol. The highest BCUT2D eigenvalue weighted by Crippen LogP contribution is 2.18. The second kappa shape index (κ2) is 6.31. The summed E-state index contributed by atoms with van der Waals surface area (Å²) in [7, 11) is 0. The number of carbonyl (C=O) groups is 1. The molecule has 112 valence electrons. The van der Waals surface area contributed by atoms with Crippen molar-refractivity contribution < 1.29 is 18.0 Å². The Hall–Kier alpha value is -2.49. The zero-order chi connectivity index (χ0) is 15.3. The van der Waals surface area contributed by atoms with Crippen molar-refractivity contribution in [1.29, 1.82) is 0 Å². The van der Waals surface area contributed by atoms with Crippen LogP contribution in [-0.2, 0) is 4.79 Å². The molecule has 2 rings (SSSR count). The van der Waals surface area contributed by atoms with Crippen LogP contribution < -0.4 is 10.6 Å². The van der Waals surface area contributed by atoms with Gasteiger partial charge in [-0.2, -0.15) is 18.4 Å². The van der Waals surface area contributed by atoms with Gasteiger partial charge in [0, 0.05) is 11.3 Å². The predicted molar refractivity (Wildman–Crippen MR) is 67.2 cm³/mol. The number of aromatic amines is 1. The van der Waals surface area contributed by atoms with Crippen molar-refractivity contribution in [2.24, 2.45) is 0 Å². The van der Waals surface area contributed by atoms with Crippen LogP contribution in [-0.4, -0.2) is 45.8 Å². The fraction of sp³-hybridized carbons (Fsp3) is 0.273. The van der Waals surface area contributed by atoms with Gasteiger partial charge in [-0.15, -0.1) is 10.2 Å². The molecule has 0 saturated heterocycles. The van der Waals surface area contributed by atoms with Gasteiger partial charge in [0.25, 0.3) is 0 Å². The lowest BCUT2D eigenvalue weighted by atomic mass is 10.2. The normalized spacial score (nSPS) is 11.4. The van der Waals surface area contributed by atoms with E-state index in [0.29, 0.717) is 17.1 Å². The van der Waals surface area contributed by atoms with Crippen molar-refractivity contribution in [3.63, 3.8) is 0 Å². The highest BCUT2D eigenvalue weighted by molar-refractivity contribution is 5.92. The molecule has 1 amide bonds. The van der Waals surface area contributed by atoms with Gasteiger partial charge in [-0.25, -0.2) is 0 Å². The van der Waals surface area contributed by atoms with Crippen LogP contribution in [0.2, 0.25) is 0 Å². The Kier molecular flexibility index (Phi) is 4.48. The standard InChI is InChI=1S/C11H11F3N6O/c12-11(13,14)6-15-5-9(21)16-8-3-1-2-7(4-8)10-17-19-20-18-10/h1-4,15H,5-6H2,(H,16,21)(H,17,18,19,20). The fourth-order valence-electron chi connectivity index (χ4n) is 1.54. The molecule has 0 radical (unpaired) electrons. The van der Waals surface area contributed by atoms with Crippen LogP contribution >= 0.6 is 0 Å². The SMILES string of the molecule is O=C(CNCC(F)(F)F)Nc1cccc(-c2nn[nH]n2)c1. The lowest BCUT2D eigenvalue weighted by Crippen LogP contribution is -2.35. The van der Waals surface area contributed by atoms with Gasteiger partial charge in [0.1, 0.15) is 0 Å². The number of nitrogens with zero attached hydrogens (tertiary/aromatic N) is 3. The minimum Gasteiger partial charge on any atom is -0.325 e. The topological polar surface area (TPSA) is 95.6 Å². The number of anilines is 1. The number of nitrogens with one attached hydrogen (secondary N) is 3. The number of hydrogen-bond acceptors (Lipinski definition) is 5. The molecule has 0 aliphatic rings. The smallest absolute Gasteiger partial charge is 0.325 e. The Balaban J connectivity index is 1.91. The van der Waals surface area contributed by atoms with E-state index >= 15 is 0 Å². The summed E-state index contributed by atoms with van der Waals surface area (Å²) in [4.78, 5) is 11.5. The van der Waals surface area contributed by atoms with Crippen molar-refractivity contribution in [2.75, 3.05) is 18.4 Å². The monoisotopic (exact) mass is 300 g/mol. The van der Waals surface area contributed by atoms with Crippen LogP contribution in [0.4, 0.5) is 18.9 Å². The van der Waals surface area contributed by atoms with E-state index in [1.54, 1.807) is 24.3 Å². The second-order valence-electron chi connectivity index (χ2n) is 4.08. The molecule has 0 spiro atoms. The number of H-pyrrole nitrogens is 1. The van der Waals surface area contributed by atoms with Crippen molar-refractivity contribution in [1.82, 2.24) is 25.9 Å². The maximum absolute atomic E-state index is 11.9. The van der Waals surface area contributed by atoms with Gasteiger partial charge < -0.3 is 10.6 Å². The van der Waals surface area contributed by atoms with Gasteiger partial charge in [0.05, 0.1) is 13.1 Å². The van der Waals surface area contributed by atoms with Gasteiger partial charge in [0.2, 0.25) is 11.7 Å². The second-order valence-corrected chi connectivity index (χ2v) is 4.08. The minimum absolute atomic E-state index is 0.348. The number of benzene rings is 1.